The minimum absolute atomic E-state index is 0.347. The number of aryl methyl sites for hydroxylation is 1. The lowest BCUT2D eigenvalue weighted by atomic mass is 9.87. The predicted octanol–water partition coefficient (Wildman–Crippen LogP) is 2.35. The Kier molecular flexibility index (Phi) is 3.42. The minimum Gasteiger partial charge on any atom is -0.508 e. The summed E-state index contributed by atoms with van der Waals surface area (Å²) in [6, 6.07) is 7.95. The molecule has 0 bridgehead atoms. The number of nitrogens with one attached hydrogen (secondary N) is 1. The Labute approximate surface area is 112 Å². The molecule has 3 rings (SSSR count). The van der Waals surface area contributed by atoms with Crippen LogP contribution in [0.15, 0.2) is 36.8 Å². The van der Waals surface area contributed by atoms with Gasteiger partial charge in [-0.05, 0) is 48.6 Å². The van der Waals surface area contributed by atoms with Crippen LogP contribution < -0.4 is 5.32 Å². The van der Waals surface area contributed by atoms with Crippen molar-refractivity contribution < 1.29 is 5.11 Å². The standard InChI is InChI=1S/C15H17N3O/c19-13-4-5-14-11(8-13)2-1-3-15(14)17-9-12-6-7-16-10-18-12/h4-8,10,15,17,19H,1-3,9H2. The van der Waals surface area contributed by atoms with Gasteiger partial charge in [-0.3, -0.25) is 0 Å². The van der Waals surface area contributed by atoms with Crippen molar-refractivity contribution in [2.75, 3.05) is 0 Å². The smallest absolute Gasteiger partial charge is 0.115 e. The van der Waals surface area contributed by atoms with Crippen LogP contribution in [0.25, 0.3) is 0 Å². The average molecular weight is 255 g/mol. The Hall–Kier alpha value is -1.94. The number of aromatic hydroxyl groups is 1. The van der Waals surface area contributed by atoms with E-state index < -0.39 is 0 Å². The van der Waals surface area contributed by atoms with Crippen molar-refractivity contribution in [2.45, 2.75) is 31.8 Å². The first kappa shape index (κ1) is 12.1. The number of rotatable bonds is 3. The molecule has 1 unspecified atom stereocenters. The van der Waals surface area contributed by atoms with Crippen LogP contribution in [-0.2, 0) is 13.0 Å². The normalized spacial score (nSPS) is 18.0. The molecule has 0 amide bonds. The molecule has 0 fully saturated rings. The van der Waals surface area contributed by atoms with Gasteiger partial charge in [0, 0.05) is 18.8 Å². The van der Waals surface area contributed by atoms with Crippen molar-refractivity contribution in [3.05, 3.63) is 53.6 Å². The second-order valence-corrected chi connectivity index (χ2v) is 4.91. The summed E-state index contributed by atoms with van der Waals surface area (Å²) in [4.78, 5) is 8.14. The first-order valence-corrected chi connectivity index (χ1v) is 6.63. The van der Waals surface area contributed by atoms with Crippen molar-refractivity contribution in [1.82, 2.24) is 15.3 Å². The molecule has 0 spiro atoms. The van der Waals surface area contributed by atoms with E-state index in [1.165, 1.54) is 11.1 Å². The Bertz CT molecular complexity index is 557. The average Bonchev–Trinajstić information content (AvgIpc) is 2.45. The number of nitrogens with zero attached hydrogens (tertiary/aromatic N) is 2. The van der Waals surface area contributed by atoms with E-state index in [4.69, 9.17) is 0 Å². The highest BCUT2D eigenvalue weighted by molar-refractivity contribution is 5.38. The molecule has 0 radical (unpaired) electrons. The summed E-state index contributed by atoms with van der Waals surface area (Å²) >= 11 is 0. The Balaban J connectivity index is 1.73. The van der Waals surface area contributed by atoms with Crippen molar-refractivity contribution in [2.24, 2.45) is 0 Å². The maximum Gasteiger partial charge on any atom is 0.115 e. The molecule has 1 aliphatic rings. The summed E-state index contributed by atoms with van der Waals surface area (Å²) in [5.74, 6) is 0.357. The van der Waals surface area contributed by atoms with Gasteiger partial charge in [-0.1, -0.05) is 6.07 Å². The van der Waals surface area contributed by atoms with Crippen molar-refractivity contribution in [3.8, 4) is 5.75 Å². The monoisotopic (exact) mass is 255 g/mol. The molecule has 0 saturated carbocycles. The van der Waals surface area contributed by atoms with Gasteiger partial charge in [-0.25, -0.2) is 9.97 Å². The maximum absolute atomic E-state index is 9.55. The number of benzene rings is 1. The van der Waals surface area contributed by atoms with E-state index in [2.05, 4.69) is 15.3 Å². The van der Waals surface area contributed by atoms with Gasteiger partial charge in [0.15, 0.2) is 0 Å². The fourth-order valence-corrected chi connectivity index (χ4v) is 2.66. The second-order valence-electron chi connectivity index (χ2n) is 4.91. The Morgan fingerprint density at radius 2 is 2.26 bits per heavy atom. The Morgan fingerprint density at radius 1 is 1.32 bits per heavy atom. The second kappa shape index (κ2) is 5.36. The highest BCUT2D eigenvalue weighted by Gasteiger charge is 2.19. The molecular weight excluding hydrogens is 238 g/mol. The maximum atomic E-state index is 9.55. The molecular formula is C15H17N3O. The first-order valence-electron chi connectivity index (χ1n) is 6.63. The number of hydrogen-bond donors (Lipinski definition) is 2. The summed E-state index contributed by atoms with van der Waals surface area (Å²) in [6.45, 7) is 0.744. The molecule has 1 aromatic carbocycles. The van der Waals surface area contributed by atoms with E-state index in [9.17, 15) is 5.11 Å². The zero-order valence-corrected chi connectivity index (χ0v) is 10.7. The third-order valence-corrected chi connectivity index (χ3v) is 3.61. The van der Waals surface area contributed by atoms with Crippen molar-refractivity contribution >= 4 is 0 Å². The third kappa shape index (κ3) is 2.74. The zero-order chi connectivity index (χ0) is 13.1. The lowest BCUT2D eigenvalue weighted by Gasteiger charge is -2.26. The largest absolute Gasteiger partial charge is 0.508 e. The lowest BCUT2D eigenvalue weighted by Crippen LogP contribution is -2.25. The summed E-state index contributed by atoms with van der Waals surface area (Å²) in [7, 11) is 0. The number of hydrogen-bond acceptors (Lipinski definition) is 4. The van der Waals surface area contributed by atoms with Crippen LogP contribution in [0.3, 0.4) is 0 Å². The van der Waals surface area contributed by atoms with Gasteiger partial charge >= 0.3 is 0 Å². The van der Waals surface area contributed by atoms with Crippen molar-refractivity contribution in [1.29, 1.82) is 0 Å². The predicted molar refractivity (Wildman–Crippen MR) is 72.7 cm³/mol. The molecule has 0 aliphatic heterocycles. The molecule has 1 aliphatic carbocycles. The van der Waals surface area contributed by atoms with Gasteiger partial charge in [0.05, 0.1) is 5.69 Å². The number of phenolic OH excluding ortho intramolecular Hbond substituents is 1. The summed E-state index contributed by atoms with van der Waals surface area (Å²) in [5.41, 5.74) is 3.56. The Morgan fingerprint density at radius 3 is 3.11 bits per heavy atom. The molecule has 2 aromatic rings. The van der Waals surface area contributed by atoms with Gasteiger partial charge in [-0.15, -0.1) is 0 Å². The van der Waals surface area contributed by atoms with E-state index in [-0.39, 0.29) is 0 Å². The summed E-state index contributed by atoms with van der Waals surface area (Å²) < 4.78 is 0. The summed E-state index contributed by atoms with van der Waals surface area (Å²) in [5, 5.41) is 13.1. The van der Waals surface area contributed by atoms with Gasteiger partial charge in [0.2, 0.25) is 0 Å². The van der Waals surface area contributed by atoms with Crippen LogP contribution in [0.2, 0.25) is 0 Å². The highest BCUT2D eigenvalue weighted by Crippen LogP contribution is 2.31. The van der Waals surface area contributed by atoms with E-state index in [0.717, 1.165) is 31.5 Å². The molecule has 1 atom stereocenters. The molecule has 1 aromatic heterocycles. The van der Waals surface area contributed by atoms with Crippen LogP contribution >= 0.6 is 0 Å². The van der Waals surface area contributed by atoms with Gasteiger partial charge in [0.1, 0.15) is 12.1 Å². The molecule has 1 heterocycles. The fraction of sp³-hybridized carbons (Fsp3) is 0.333. The summed E-state index contributed by atoms with van der Waals surface area (Å²) in [6.07, 6.45) is 6.66. The van der Waals surface area contributed by atoms with Crippen LogP contribution in [0.4, 0.5) is 0 Å². The van der Waals surface area contributed by atoms with E-state index in [1.54, 1.807) is 18.6 Å². The first-order chi connectivity index (χ1) is 9.33. The van der Waals surface area contributed by atoms with Crippen LogP contribution in [0.1, 0.15) is 35.7 Å². The van der Waals surface area contributed by atoms with Crippen LogP contribution in [0.5, 0.6) is 5.75 Å². The molecule has 2 N–H and O–H groups in total. The molecule has 0 saturated heterocycles. The molecule has 4 heteroatoms. The molecule has 4 nitrogen and oxygen atoms in total. The van der Waals surface area contributed by atoms with E-state index in [0.29, 0.717) is 11.8 Å². The topological polar surface area (TPSA) is 58.0 Å². The van der Waals surface area contributed by atoms with Crippen LogP contribution in [0, 0.1) is 0 Å². The molecule has 98 valence electrons. The number of phenols is 1. The van der Waals surface area contributed by atoms with Gasteiger partial charge in [-0.2, -0.15) is 0 Å². The minimum atomic E-state index is 0.347. The number of aromatic nitrogens is 2. The zero-order valence-electron chi connectivity index (χ0n) is 10.7. The SMILES string of the molecule is Oc1ccc2c(c1)CCCC2NCc1ccncn1. The van der Waals surface area contributed by atoms with Gasteiger partial charge in [0.25, 0.3) is 0 Å². The number of fused-ring (bicyclic) bond motifs is 1. The van der Waals surface area contributed by atoms with E-state index in [1.807, 2.05) is 18.2 Å². The fourth-order valence-electron chi connectivity index (χ4n) is 2.66. The highest BCUT2D eigenvalue weighted by atomic mass is 16.3. The quantitative estimate of drug-likeness (QED) is 0.884. The van der Waals surface area contributed by atoms with Crippen LogP contribution in [-0.4, -0.2) is 15.1 Å². The van der Waals surface area contributed by atoms with Crippen molar-refractivity contribution in [3.63, 3.8) is 0 Å². The van der Waals surface area contributed by atoms with E-state index >= 15 is 0 Å². The van der Waals surface area contributed by atoms with Gasteiger partial charge < -0.3 is 10.4 Å². The lowest BCUT2D eigenvalue weighted by molar-refractivity contribution is 0.447. The third-order valence-electron chi connectivity index (χ3n) is 3.61. The molecule has 19 heavy (non-hydrogen) atoms.